The number of anilines is 1. The van der Waals surface area contributed by atoms with E-state index in [9.17, 15) is 13.2 Å². The molecule has 0 bridgehead atoms. The fourth-order valence-electron chi connectivity index (χ4n) is 1.71. The van der Waals surface area contributed by atoms with Crippen molar-refractivity contribution in [3.63, 3.8) is 0 Å². The molecule has 0 aliphatic rings. The van der Waals surface area contributed by atoms with Crippen LogP contribution in [0.25, 0.3) is 0 Å². The van der Waals surface area contributed by atoms with Gasteiger partial charge in [0.1, 0.15) is 5.78 Å². The zero-order chi connectivity index (χ0) is 15.4. The number of Topliss-reactive ketones (excluding diaryl/α,β-unsaturated/α-hetero) is 1. The molecule has 0 radical (unpaired) electrons. The van der Waals surface area contributed by atoms with E-state index in [0.717, 1.165) is 5.56 Å². The molecule has 0 heterocycles. The van der Waals surface area contributed by atoms with Crippen LogP contribution in [0, 0.1) is 0 Å². The summed E-state index contributed by atoms with van der Waals surface area (Å²) < 4.78 is 23.0. The third-order valence-electron chi connectivity index (χ3n) is 3.23. The molecule has 1 rings (SSSR count). The van der Waals surface area contributed by atoms with Gasteiger partial charge < -0.3 is 5.73 Å². The highest BCUT2D eigenvalue weighted by atomic mass is 32.2. The van der Waals surface area contributed by atoms with E-state index < -0.39 is 14.6 Å². The van der Waals surface area contributed by atoms with Gasteiger partial charge >= 0.3 is 0 Å². The molecule has 20 heavy (non-hydrogen) atoms. The Morgan fingerprint density at radius 3 is 2.40 bits per heavy atom. The molecular formula is C15H23NO3S. The molecule has 1 aromatic rings. The molecule has 0 unspecified atom stereocenters. The molecule has 0 spiro atoms. The molecule has 0 aliphatic carbocycles. The SMILES string of the molecule is CC(C)(C)S(=O)(=O)CCC(=O)CCc1cccc(N)c1. The molecule has 0 aliphatic heterocycles. The van der Waals surface area contributed by atoms with Crippen LogP contribution in [-0.2, 0) is 21.1 Å². The predicted octanol–water partition coefficient (Wildman–Crippen LogP) is 2.37. The van der Waals surface area contributed by atoms with Crippen LogP contribution in [0.5, 0.6) is 0 Å². The second-order valence-electron chi connectivity index (χ2n) is 5.96. The third kappa shape index (κ3) is 4.96. The zero-order valence-electron chi connectivity index (χ0n) is 12.3. The molecule has 5 heteroatoms. The number of benzene rings is 1. The largest absolute Gasteiger partial charge is 0.399 e. The van der Waals surface area contributed by atoms with E-state index in [1.54, 1.807) is 26.8 Å². The van der Waals surface area contributed by atoms with Gasteiger partial charge in [0.2, 0.25) is 0 Å². The molecule has 2 N–H and O–H groups in total. The molecule has 1 aromatic carbocycles. The van der Waals surface area contributed by atoms with E-state index in [1.165, 1.54) is 0 Å². The van der Waals surface area contributed by atoms with Crippen molar-refractivity contribution in [1.82, 2.24) is 0 Å². The zero-order valence-corrected chi connectivity index (χ0v) is 13.2. The lowest BCUT2D eigenvalue weighted by atomic mass is 10.1. The average Bonchev–Trinajstić information content (AvgIpc) is 2.33. The molecule has 4 nitrogen and oxygen atoms in total. The van der Waals surface area contributed by atoms with E-state index >= 15 is 0 Å². The lowest BCUT2D eigenvalue weighted by molar-refractivity contribution is -0.118. The van der Waals surface area contributed by atoms with Crippen LogP contribution in [0.4, 0.5) is 5.69 Å². The first-order chi connectivity index (χ1) is 9.12. The molecule has 0 saturated heterocycles. The van der Waals surface area contributed by atoms with Gasteiger partial charge in [-0.3, -0.25) is 4.79 Å². The number of ketones is 1. The predicted molar refractivity (Wildman–Crippen MR) is 82.3 cm³/mol. The van der Waals surface area contributed by atoms with Gasteiger partial charge in [0, 0.05) is 18.5 Å². The van der Waals surface area contributed by atoms with Gasteiger partial charge in [0.05, 0.1) is 10.5 Å². The van der Waals surface area contributed by atoms with Crippen molar-refractivity contribution < 1.29 is 13.2 Å². The molecule has 0 atom stereocenters. The number of nitrogen functional groups attached to an aromatic ring is 1. The van der Waals surface area contributed by atoms with Crippen molar-refractivity contribution in [3.8, 4) is 0 Å². The average molecular weight is 297 g/mol. The molecule has 0 aromatic heterocycles. The van der Waals surface area contributed by atoms with Crippen molar-refractivity contribution >= 4 is 21.3 Å². The Hall–Kier alpha value is -1.36. The lowest BCUT2D eigenvalue weighted by Crippen LogP contribution is -2.31. The number of carbonyl (C=O) groups is 1. The number of hydrogen-bond acceptors (Lipinski definition) is 4. The van der Waals surface area contributed by atoms with Gasteiger partial charge in [-0.05, 0) is 44.9 Å². The topological polar surface area (TPSA) is 77.2 Å². The van der Waals surface area contributed by atoms with Crippen molar-refractivity contribution in [3.05, 3.63) is 29.8 Å². The van der Waals surface area contributed by atoms with Crippen molar-refractivity contribution in [2.45, 2.75) is 44.8 Å². The highest BCUT2D eigenvalue weighted by Crippen LogP contribution is 2.17. The Balaban J connectivity index is 2.46. The Morgan fingerprint density at radius 2 is 1.85 bits per heavy atom. The summed E-state index contributed by atoms with van der Waals surface area (Å²) in [5.74, 6) is -0.105. The van der Waals surface area contributed by atoms with Crippen molar-refractivity contribution in [1.29, 1.82) is 0 Å². The minimum atomic E-state index is -3.22. The number of rotatable bonds is 6. The number of hydrogen-bond donors (Lipinski definition) is 1. The van der Waals surface area contributed by atoms with Gasteiger partial charge in [-0.2, -0.15) is 0 Å². The summed E-state index contributed by atoms with van der Waals surface area (Å²) in [6.45, 7) is 4.96. The smallest absolute Gasteiger partial charge is 0.155 e. The Labute approximate surface area is 121 Å². The Bertz CT molecular complexity index is 571. The summed E-state index contributed by atoms with van der Waals surface area (Å²) >= 11 is 0. The normalized spacial score (nSPS) is 12.3. The number of carbonyl (C=O) groups excluding carboxylic acids is 1. The summed E-state index contributed by atoms with van der Waals surface area (Å²) in [5.41, 5.74) is 7.33. The van der Waals surface area contributed by atoms with E-state index in [0.29, 0.717) is 18.5 Å². The molecule has 0 saturated carbocycles. The minimum Gasteiger partial charge on any atom is -0.399 e. The maximum atomic E-state index is 11.9. The number of sulfone groups is 1. The first kappa shape index (κ1) is 16.7. The fourth-order valence-corrected chi connectivity index (χ4v) is 2.82. The van der Waals surface area contributed by atoms with Crippen LogP contribution in [0.3, 0.4) is 0 Å². The summed E-state index contributed by atoms with van der Waals surface area (Å²) in [7, 11) is -3.22. The van der Waals surface area contributed by atoms with Gasteiger partial charge in [-0.1, -0.05) is 12.1 Å². The van der Waals surface area contributed by atoms with E-state index in [1.807, 2.05) is 18.2 Å². The van der Waals surface area contributed by atoms with Gasteiger partial charge in [0.15, 0.2) is 9.84 Å². The second-order valence-corrected chi connectivity index (χ2v) is 8.83. The number of nitrogens with two attached hydrogens (primary N) is 1. The van der Waals surface area contributed by atoms with Crippen LogP contribution < -0.4 is 5.73 Å². The standard InChI is InChI=1S/C15H23NO3S/c1-15(2,3)20(18,19)10-9-14(17)8-7-12-5-4-6-13(16)11-12/h4-6,11H,7-10,16H2,1-3H3. The number of aryl methyl sites for hydroxylation is 1. The Kier molecular flexibility index (Phi) is 5.34. The highest BCUT2D eigenvalue weighted by Gasteiger charge is 2.28. The molecule has 112 valence electrons. The lowest BCUT2D eigenvalue weighted by Gasteiger charge is -2.18. The second kappa shape index (κ2) is 6.39. The van der Waals surface area contributed by atoms with Crippen LogP contribution in [0.2, 0.25) is 0 Å². The maximum Gasteiger partial charge on any atom is 0.155 e. The van der Waals surface area contributed by atoms with Crippen LogP contribution in [0.15, 0.2) is 24.3 Å². The third-order valence-corrected chi connectivity index (χ3v) is 5.83. The summed E-state index contributed by atoms with van der Waals surface area (Å²) in [4.78, 5) is 11.8. The van der Waals surface area contributed by atoms with Crippen LogP contribution in [0.1, 0.15) is 39.2 Å². The van der Waals surface area contributed by atoms with E-state index in [-0.39, 0.29) is 18.0 Å². The van der Waals surface area contributed by atoms with Crippen molar-refractivity contribution in [2.75, 3.05) is 11.5 Å². The quantitative estimate of drug-likeness (QED) is 0.818. The van der Waals surface area contributed by atoms with Crippen LogP contribution in [-0.4, -0.2) is 24.7 Å². The Morgan fingerprint density at radius 1 is 1.20 bits per heavy atom. The summed E-state index contributed by atoms with van der Waals surface area (Å²) in [6.07, 6.45) is 1.03. The van der Waals surface area contributed by atoms with Gasteiger partial charge in [-0.15, -0.1) is 0 Å². The van der Waals surface area contributed by atoms with E-state index in [4.69, 9.17) is 5.73 Å². The molecule has 0 amide bonds. The maximum absolute atomic E-state index is 11.9. The highest BCUT2D eigenvalue weighted by molar-refractivity contribution is 7.92. The molecule has 0 fully saturated rings. The van der Waals surface area contributed by atoms with E-state index in [2.05, 4.69) is 0 Å². The first-order valence-electron chi connectivity index (χ1n) is 6.70. The summed E-state index contributed by atoms with van der Waals surface area (Å²) in [6, 6.07) is 7.38. The minimum absolute atomic E-state index is 0.0275. The molecular weight excluding hydrogens is 274 g/mol. The van der Waals surface area contributed by atoms with Gasteiger partial charge in [-0.25, -0.2) is 8.42 Å². The van der Waals surface area contributed by atoms with Crippen molar-refractivity contribution in [2.24, 2.45) is 0 Å². The summed E-state index contributed by atoms with van der Waals surface area (Å²) in [5, 5.41) is 0. The van der Waals surface area contributed by atoms with Gasteiger partial charge in [0.25, 0.3) is 0 Å². The fraction of sp³-hybridized carbons (Fsp3) is 0.533. The monoisotopic (exact) mass is 297 g/mol. The van der Waals surface area contributed by atoms with Crippen LogP contribution >= 0.6 is 0 Å². The first-order valence-corrected chi connectivity index (χ1v) is 8.35.